The summed E-state index contributed by atoms with van der Waals surface area (Å²) < 4.78 is 7.10. The van der Waals surface area contributed by atoms with Crippen LogP contribution >= 0.6 is 11.3 Å². The van der Waals surface area contributed by atoms with Crippen LogP contribution in [0.3, 0.4) is 0 Å². The zero-order chi connectivity index (χ0) is 13.9. The third-order valence-electron chi connectivity index (χ3n) is 3.24. The highest BCUT2D eigenvalue weighted by Crippen LogP contribution is 2.23. The summed E-state index contributed by atoms with van der Waals surface area (Å²) in [6.45, 7) is 0.466. The second-order valence-corrected chi connectivity index (χ2v) is 5.44. The number of thiophene rings is 1. The van der Waals surface area contributed by atoms with Crippen molar-refractivity contribution in [3.05, 3.63) is 63.3 Å². The molecule has 0 saturated carbocycles. The van der Waals surface area contributed by atoms with Gasteiger partial charge in [-0.1, -0.05) is 18.2 Å². The van der Waals surface area contributed by atoms with Crippen molar-refractivity contribution in [1.29, 1.82) is 0 Å². The van der Waals surface area contributed by atoms with Crippen molar-refractivity contribution in [3.63, 3.8) is 0 Å². The maximum atomic E-state index is 12.4. The highest BCUT2D eigenvalue weighted by atomic mass is 32.1. The molecule has 0 fully saturated rings. The van der Waals surface area contributed by atoms with Gasteiger partial charge < -0.3 is 4.74 Å². The van der Waals surface area contributed by atoms with Crippen LogP contribution in [-0.4, -0.2) is 16.7 Å². The quantitative estimate of drug-likeness (QED) is 0.741. The van der Waals surface area contributed by atoms with E-state index < -0.39 is 0 Å². The number of nitrogens with zero attached hydrogens (tertiary/aromatic N) is 2. The van der Waals surface area contributed by atoms with Crippen LogP contribution < -0.4 is 5.56 Å². The normalized spacial score (nSPS) is 12.7. The summed E-state index contributed by atoms with van der Waals surface area (Å²) in [5, 5.41) is 2.64. The van der Waals surface area contributed by atoms with Gasteiger partial charge in [0, 0.05) is 12.0 Å². The molecule has 4 nitrogen and oxygen atoms in total. The molecule has 0 aliphatic heterocycles. The fourth-order valence-corrected chi connectivity index (χ4v) is 2.96. The minimum Gasteiger partial charge on any atom is -0.374 e. The lowest BCUT2D eigenvalue weighted by atomic mass is 10.2. The van der Waals surface area contributed by atoms with Gasteiger partial charge in [0.15, 0.2) is 0 Å². The molecule has 0 bridgehead atoms. The number of benzene rings is 1. The van der Waals surface area contributed by atoms with Crippen molar-refractivity contribution in [2.75, 3.05) is 7.11 Å². The molecular formula is C15H14N2O2S. The minimum absolute atomic E-state index is 0.0331. The van der Waals surface area contributed by atoms with Gasteiger partial charge in [0.25, 0.3) is 5.56 Å². The Morgan fingerprint density at radius 1 is 1.30 bits per heavy atom. The van der Waals surface area contributed by atoms with E-state index in [9.17, 15) is 4.79 Å². The monoisotopic (exact) mass is 286 g/mol. The third kappa shape index (κ3) is 2.37. The number of rotatable bonds is 4. The summed E-state index contributed by atoms with van der Waals surface area (Å²) in [4.78, 5) is 17.8. The highest BCUT2D eigenvalue weighted by molar-refractivity contribution is 7.10. The zero-order valence-corrected chi connectivity index (χ0v) is 11.8. The Balaban J connectivity index is 1.98. The van der Waals surface area contributed by atoms with Crippen molar-refractivity contribution in [1.82, 2.24) is 9.55 Å². The molecule has 0 radical (unpaired) electrons. The predicted octanol–water partition coefficient (Wildman–Crippen LogP) is 2.85. The van der Waals surface area contributed by atoms with Crippen LogP contribution in [0.2, 0.25) is 0 Å². The first-order chi connectivity index (χ1) is 9.79. The lowest BCUT2D eigenvalue weighted by molar-refractivity contribution is 0.0897. The number of fused-ring (bicyclic) bond motifs is 1. The summed E-state index contributed by atoms with van der Waals surface area (Å²) in [6.07, 6.45) is 1.46. The average molecular weight is 286 g/mol. The molecule has 102 valence electrons. The van der Waals surface area contributed by atoms with Gasteiger partial charge in [-0.25, -0.2) is 4.98 Å². The van der Waals surface area contributed by atoms with Gasteiger partial charge in [-0.3, -0.25) is 9.36 Å². The summed E-state index contributed by atoms with van der Waals surface area (Å²) in [5.74, 6) is 0. The molecule has 0 spiro atoms. The van der Waals surface area contributed by atoms with Gasteiger partial charge in [-0.2, -0.15) is 0 Å². The van der Waals surface area contributed by atoms with Crippen LogP contribution in [0.1, 0.15) is 11.0 Å². The Labute approximate surface area is 120 Å². The van der Waals surface area contributed by atoms with E-state index in [4.69, 9.17) is 4.74 Å². The lowest BCUT2D eigenvalue weighted by Crippen LogP contribution is -2.24. The SMILES string of the molecule is COC(Cn1cnc2ccccc2c1=O)c1cccs1. The maximum absolute atomic E-state index is 12.4. The van der Waals surface area contributed by atoms with E-state index >= 15 is 0 Å². The number of hydrogen-bond acceptors (Lipinski definition) is 4. The molecule has 2 heterocycles. The molecule has 1 unspecified atom stereocenters. The van der Waals surface area contributed by atoms with E-state index in [-0.39, 0.29) is 11.7 Å². The second-order valence-electron chi connectivity index (χ2n) is 4.46. The van der Waals surface area contributed by atoms with E-state index in [0.29, 0.717) is 11.9 Å². The van der Waals surface area contributed by atoms with Crippen LogP contribution in [-0.2, 0) is 11.3 Å². The van der Waals surface area contributed by atoms with Crippen LogP contribution in [0, 0.1) is 0 Å². The second kappa shape index (κ2) is 5.56. The van der Waals surface area contributed by atoms with E-state index in [1.54, 1.807) is 35.4 Å². The fraction of sp³-hybridized carbons (Fsp3) is 0.200. The molecular weight excluding hydrogens is 272 g/mol. The molecule has 0 aliphatic rings. The minimum atomic E-state index is -0.129. The Bertz CT molecular complexity index is 765. The highest BCUT2D eigenvalue weighted by Gasteiger charge is 2.14. The third-order valence-corrected chi connectivity index (χ3v) is 4.20. The Kier molecular flexibility index (Phi) is 3.62. The smallest absolute Gasteiger partial charge is 0.261 e. The average Bonchev–Trinajstić information content (AvgIpc) is 3.01. The van der Waals surface area contributed by atoms with Gasteiger partial charge in [0.1, 0.15) is 6.10 Å². The number of para-hydroxylation sites is 1. The summed E-state index contributed by atoms with van der Waals surface area (Å²) >= 11 is 1.62. The Morgan fingerprint density at radius 2 is 2.15 bits per heavy atom. The van der Waals surface area contributed by atoms with Crippen molar-refractivity contribution >= 4 is 22.2 Å². The fourth-order valence-electron chi connectivity index (χ4n) is 2.17. The molecule has 0 aliphatic carbocycles. The zero-order valence-electron chi connectivity index (χ0n) is 11.0. The first-order valence-corrected chi connectivity index (χ1v) is 7.18. The summed E-state index contributed by atoms with van der Waals surface area (Å²) in [5.41, 5.74) is 0.688. The van der Waals surface area contributed by atoms with Crippen molar-refractivity contribution < 1.29 is 4.74 Å². The van der Waals surface area contributed by atoms with Crippen LogP contribution in [0.4, 0.5) is 0 Å². The molecule has 1 atom stereocenters. The first kappa shape index (κ1) is 13.0. The Morgan fingerprint density at radius 3 is 2.90 bits per heavy atom. The molecule has 2 aromatic heterocycles. The van der Waals surface area contributed by atoms with Gasteiger partial charge in [0.2, 0.25) is 0 Å². The first-order valence-electron chi connectivity index (χ1n) is 6.30. The van der Waals surface area contributed by atoms with Crippen molar-refractivity contribution in [2.24, 2.45) is 0 Å². The number of ether oxygens (including phenoxy) is 1. The van der Waals surface area contributed by atoms with Crippen LogP contribution in [0.5, 0.6) is 0 Å². The van der Waals surface area contributed by atoms with Gasteiger partial charge in [-0.15, -0.1) is 11.3 Å². The van der Waals surface area contributed by atoms with Crippen LogP contribution in [0.25, 0.3) is 10.9 Å². The van der Waals surface area contributed by atoms with Crippen molar-refractivity contribution in [2.45, 2.75) is 12.6 Å². The van der Waals surface area contributed by atoms with Gasteiger partial charge in [-0.05, 0) is 23.6 Å². The maximum Gasteiger partial charge on any atom is 0.261 e. The number of methoxy groups -OCH3 is 1. The van der Waals surface area contributed by atoms with E-state index in [2.05, 4.69) is 4.98 Å². The largest absolute Gasteiger partial charge is 0.374 e. The van der Waals surface area contributed by atoms with E-state index in [1.807, 2.05) is 35.7 Å². The van der Waals surface area contributed by atoms with Crippen LogP contribution in [0.15, 0.2) is 52.9 Å². The van der Waals surface area contributed by atoms with Gasteiger partial charge >= 0.3 is 0 Å². The molecule has 5 heteroatoms. The number of aromatic nitrogens is 2. The topological polar surface area (TPSA) is 44.1 Å². The standard InChI is InChI=1S/C15H14N2O2S/c1-19-13(14-7-4-8-20-14)9-17-10-16-12-6-3-2-5-11(12)15(17)18/h2-8,10,13H,9H2,1H3. The molecule has 3 aromatic rings. The van der Waals surface area contributed by atoms with Crippen molar-refractivity contribution in [3.8, 4) is 0 Å². The molecule has 1 aromatic carbocycles. The summed E-state index contributed by atoms with van der Waals surface area (Å²) in [7, 11) is 1.66. The molecule has 0 saturated heterocycles. The van der Waals surface area contributed by atoms with Gasteiger partial charge in [0.05, 0.1) is 23.8 Å². The molecule has 0 N–H and O–H groups in total. The lowest BCUT2D eigenvalue weighted by Gasteiger charge is -2.15. The summed E-state index contributed by atoms with van der Waals surface area (Å²) in [6, 6.07) is 11.4. The molecule has 0 amide bonds. The Hall–Kier alpha value is -1.98. The molecule has 20 heavy (non-hydrogen) atoms. The van der Waals surface area contributed by atoms with E-state index in [1.165, 1.54) is 0 Å². The number of hydrogen-bond donors (Lipinski definition) is 0. The predicted molar refractivity (Wildman–Crippen MR) is 80.1 cm³/mol. The van der Waals surface area contributed by atoms with E-state index in [0.717, 1.165) is 10.4 Å². The molecule has 3 rings (SSSR count).